The van der Waals surface area contributed by atoms with E-state index in [4.69, 9.17) is 9.47 Å². The van der Waals surface area contributed by atoms with Gasteiger partial charge in [-0.3, -0.25) is 9.88 Å². The Morgan fingerprint density at radius 2 is 1.97 bits per heavy atom. The van der Waals surface area contributed by atoms with E-state index >= 15 is 0 Å². The number of benzene rings is 1. The molecule has 3 aromatic rings. The predicted octanol–water partition coefficient (Wildman–Crippen LogP) is 4.03. The topological polar surface area (TPSA) is 42.8 Å². The number of ether oxygens (including phenoxy) is 2. The highest BCUT2D eigenvalue weighted by Crippen LogP contribution is 2.28. The van der Waals surface area contributed by atoms with Crippen LogP contribution in [0.5, 0.6) is 11.5 Å². The number of pyridine rings is 1. The van der Waals surface area contributed by atoms with Crippen LogP contribution in [0.2, 0.25) is 0 Å². The van der Waals surface area contributed by atoms with Gasteiger partial charge in [-0.2, -0.15) is 0 Å². The molecule has 2 aromatic heterocycles. The summed E-state index contributed by atoms with van der Waals surface area (Å²) >= 11 is 0. The van der Waals surface area contributed by atoms with Crippen LogP contribution in [-0.2, 0) is 13.0 Å². The van der Waals surface area contributed by atoms with E-state index in [1.165, 1.54) is 24.1 Å². The molecular weight excluding hydrogens is 400 g/mol. The van der Waals surface area contributed by atoms with Gasteiger partial charge in [0, 0.05) is 43.8 Å². The second kappa shape index (κ2) is 10.7. The van der Waals surface area contributed by atoms with Crippen molar-refractivity contribution in [2.45, 2.75) is 31.8 Å². The summed E-state index contributed by atoms with van der Waals surface area (Å²) < 4.78 is 13.1. The Balaban J connectivity index is 1.34. The number of hydrogen-bond donors (Lipinski definition) is 0. The molecule has 32 heavy (non-hydrogen) atoms. The Hall–Kier alpha value is -2.83. The van der Waals surface area contributed by atoms with Crippen LogP contribution in [0.3, 0.4) is 0 Å². The van der Waals surface area contributed by atoms with E-state index in [0.717, 1.165) is 49.8 Å². The van der Waals surface area contributed by atoms with Gasteiger partial charge in [-0.05, 0) is 74.8 Å². The van der Waals surface area contributed by atoms with Gasteiger partial charge < -0.3 is 18.9 Å². The maximum atomic E-state index is 5.45. The average Bonchev–Trinajstić information content (AvgIpc) is 3.31. The van der Waals surface area contributed by atoms with Gasteiger partial charge in [0.25, 0.3) is 0 Å². The minimum atomic E-state index is 0.575. The van der Waals surface area contributed by atoms with Crippen LogP contribution in [0.4, 0.5) is 0 Å². The van der Waals surface area contributed by atoms with Gasteiger partial charge in [0.05, 0.1) is 26.1 Å². The molecule has 1 aliphatic rings. The van der Waals surface area contributed by atoms with Crippen molar-refractivity contribution in [1.29, 1.82) is 0 Å². The van der Waals surface area contributed by atoms with E-state index in [9.17, 15) is 0 Å². The molecule has 6 heteroatoms. The third kappa shape index (κ3) is 5.31. The molecule has 1 saturated heterocycles. The van der Waals surface area contributed by atoms with Crippen molar-refractivity contribution in [3.05, 3.63) is 72.3 Å². The zero-order chi connectivity index (χ0) is 22.3. The van der Waals surface area contributed by atoms with E-state index in [2.05, 4.69) is 62.9 Å². The zero-order valence-electron chi connectivity index (χ0n) is 19.4. The molecule has 4 rings (SSSR count). The fourth-order valence-electron chi connectivity index (χ4n) is 4.58. The number of nitrogens with zero attached hydrogens (tertiary/aromatic N) is 4. The van der Waals surface area contributed by atoms with Crippen LogP contribution in [0.25, 0.3) is 5.69 Å². The zero-order valence-corrected chi connectivity index (χ0v) is 19.4. The normalized spacial score (nSPS) is 16.9. The first-order valence-corrected chi connectivity index (χ1v) is 11.4. The molecule has 0 bridgehead atoms. The second-order valence-corrected chi connectivity index (χ2v) is 8.53. The van der Waals surface area contributed by atoms with Crippen LogP contribution in [-0.4, -0.2) is 66.3 Å². The lowest BCUT2D eigenvalue weighted by molar-refractivity contribution is 0.111. The summed E-state index contributed by atoms with van der Waals surface area (Å²) in [6.07, 6.45) is 9.35. The van der Waals surface area contributed by atoms with Crippen molar-refractivity contribution < 1.29 is 9.47 Å². The number of aromatic nitrogens is 2. The predicted molar refractivity (Wildman–Crippen MR) is 128 cm³/mol. The molecule has 3 heterocycles. The second-order valence-electron chi connectivity index (χ2n) is 8.53. The Labute approximate surface area is 191 Å². The third-order valence-electron chi connectivity index (χ3n) is 6.45. The molecule has 0 spiro atoms. The molecule has 6 nitrogen and oxygen atoms in total. The molecule has 1 aliphatic heterocycles. The Kier molecular flexibility index (Phi) is 7.45. The van der Waals surface area contributed by atoms with Crippen molar-refractivity contribution in [2.24, 2.45) is 0 Å². The summed E-state index contributed by atoms with van der Waals surface area (Å²) in [7, 11) is 5.62. The molecule has 0 saturated carbocycles. The van der Waals surface area contributed by atoms with Crippen LogP contribution >= 0.6 is 0 Å². The summed E-state index contributed by atoms with van der Waals surface area (Å²) in [5.74, 6) is 1.58. The minimum absolute atomic E-state index is 0.575. The molecule has 0 N–H and O–H groups in total. The third-order valence-corrected chi connectivity index (χ3v) is 6.45. The highest BCUT2D eigenvalue weighted by Gasteiger charge is 2.24. The molecule has 0 amide bonds. The smallest absolute Gasteiger partial charge is 0.160 e. The first-order chi connectivity index (χ1) is 15.7. The molecule has 1 aromatic carbocycles. The van der Waals surface area contributed by atoms with E-state index in [1.54, 1.807) is 14.2 Å². The summed E-state index contributed by atoms with van der Waals surface area (Å²) in [5.41, 5.74) is 3.70. The van der Waals surface area contributed by atoms with E-state index in [1.807, 2.05) is 24.5 Å². The SMILES string of the molecule is COc1ccc(CCN(C)C2CCCN(Cc3cccn3-c3cccnc3)C2)cc1OC. The standard InChI is InChI=1S/C26H34N4O2/c1-28(16-12-21-10-11-25(31-2)26(17-21)32-3)23-8-5-14-29(19-23)20-24-9-6-15-30(24)22-7-4-13-27-18-22/h4,6-7,9-11,13,15,17-18,23H,5,8,12,14,16,19-20H2,1-3H3. The molecule has 0 radical (unpaired) electrons. The van der Waals surface area contributed by atoms with E-state index in [-0.39, 0.29) is 0 Å². The molecule has 1 atom stereocenters. The van der Waals surface area contributed by atoms with Gasteiger partial charge in [-0.15, -0.1) is 0 Å². The lowest BCUT2D eigenvalue weighted by atomic mass is 10.0. The Morgan fingerprint density at radius 1 is 1.09 bits per heavy atom. The number of rotatable bonds is 9. The molecule has 0 aliphatic carbocycles. The first-order valence-electron chi connectivity index (χ1n) is 11.4. The van der Waals surface area contributed by atoms with Gasteiger partial charge in [0.1, 0.15) is 0 Å². The monoisotopic (exact) mass is 434 g/mol. The fourth-order valence-corrected chi connectivity index (χ4v) is 4.58. The highest BCUT2D eigenvalue weighted by molar-refractivity contribution is 5.43. The van der Waals surface area contributed by atoms with Crippen LogP contribution < -0.4 is 9.47 Å². The maximum Gasteiger partial charge on any atom is 0.160 e. The number of hydrogen-bond acceptors (Lipinski definition) is 5. The summed E-state index contributed by atoms with van der Waals surface area (Å²) in [4.78, 5) is 9.38. The Bertz CT molecular complexity index is 989. The number of likely N-dealkylation sites (tertiary alicyclic amines) is 1. The largest absolute Gasteiger partial charge is 0.493 e. The van der Waals surface area contributed by atoms with Crippen LogP contribution in [0.1, 0.15) is 24.1 Å². The van der Waals surface area contributed by atoms with Crippen molar-refractivity contribution in [3.63, 3.8) is 0 Å². The lowest BCUT2D eigenvalue weighted by Crippen LogP contribution is -2.46. The summed E-state index contributed by atoms with van der Waals surface area (Å²) in [6, 6.07) is 15.2. The number of piperidine rings is 1. The first kappa shape index (κ1) is 22.4. The van der Waals surface area contributed by atoms with Crippen molar-refractivity contribution in [2.75, 3.05) is 40.9 Å². The van der Waals surface area contributed by atoms with Crippen molar-refractivity contribution in [1.82, 2.24) is 19.4 Å². The minimum Gasteiger partial charge on any atom is -0.493 e. The summed E-state index contributed by atoms with van der Waals surface area (Å²) in [6.45, 7) is 4.24. The summed E-state index contributed by atoms with van der Waals surface area (Å²) in [5, 5.41) is 0. The van der Waals surface area contributed by atoms with Gasteiger partial charge in [-0.1, -0.05) is 6.07 Å². The van der Waals surface area contributed by atoms with Crippen molar-refractivity contribution in [3.8, 4) is 17.2 Å². The Morgan fingerprint density at radius 3 is 2.75 bits per heavy atom. The average molecular weight is 435 g/mol. The maximum absolute atomic E-state index is 5.45. The van der Waals surface area contributed by atoms with Crippen LogP contribution in [0.15, 0.2) is 61.1 Å². The number of methoxy groups -OCH3 is 2. The molecule has 1 fully saturated rings. The van der Waals surface area contributed by atoms with Gasteiger partial charge in [-0.25, -0.2) is 0 Å². The van der Waals surface area contributed by atoms with Gasteiger partial charge >= 0.3 is 0 Å². The van der Waals surface area contributed by atoms with Crippen molar-refractivity contribution >= 4 is 0 Å². The number of likely N-dealkylation sites (N-methyl/N-ethyl adjacent to an activating group) is 1. The molecule has 170 valence electrons. The van der Waals surface area contributed by atoms with E-state index in [0.29, 0.717) is 6.04 Å². The lowest BCUT2D eigenvalue weighted by Gasteiger charge is -2.38. The molecular formula is C26H34N4O2. The quantitative estimate of drug-likeness (QED) is 0.509. The molecule has 1 unspecified atom stereocenters. The van der Waals surface area contributed by atoms with E-state index < -0.39 is 0 Å². The van der Waals surface area contributed by atoms with Crippen LogP contribution in [0, 0.1) is 0 Å². The van der Waals surface area contributed by atoms with Gasteiger partial charge in [0.15, 0.2) is 11.5 Å². The highest BCUT2D eigenvalue weighted by atomic mass is 16.5. The van der Waals surface area contributed by atoms with Gasteiger partial charge in [0.2, 0.25) is 0 Å². The fraction of sp³-hybridized carbons (Fsp3) is 0.423.